The highest BCUT2D eigenvalue weighted by atomic mass is 32.2. The number of benzene rings is 1. The van der Waals surface area contributed by atoms with Crippen LogP contribution in [0.4, 0.5) is 0 Å². The van der Waals surface area contributed by atoms with Crippen molar-refractivity contribution < 1.29 is 5.11 Å². The number of rotatable bonds is 3. The van der Waals surface area contributed by atoms with Gasteiger partial charge in [-0.25, -0.2) is 4.98 Å². The highest BCUT2D eigenvalue weighted by Crippen LogP contribution is 2.19. The van der Waals surface area contributed by atoms with Crippen LogP contribution in [-0.4, -0.2) is 27.4 Å². The topological polar surface area (TPSA) is 48.9 Å². The van der Waals surface area contributed by atoms with E-state index < -0.39 is 0 Å². The number of aliphatic hydroxyl groups is 1. The first-order chi connectivity index (χ1) is 6.79. The number of aromatic nitrogens is 2. The molecule has 0 spiro atoms. The van der Waals surface area contributed by atoms with Gasteiger partial charge in [0.1, 0.15) is 0 Å². The van der Waals surface area contributed by atoms with Gasteiger partial charge in [0.15, 0.2) is 5.16 Å². The van der Waals surface area contributed by atoms with Gasteiger partial charge in [-0.3, -0.25) is 0 Å². The number of imidazole rings is 1. The molecule has 0 bridgehead atoms. The van der Waals surface area contributed by atoms with E-state index in [1.54, 1.807) is 0 Å². The molecule has 1 aromatic heterocycles. The van der Waals surface area contributed by atoms with Gasteiger partial charge in [-0.05, 0) is 24.6 Å². The summed E-state index contributed by atoms with van der Waals surface area (Å²) in [4.78, 5) is 7.60. The van der Waals surface area contributed by atoms with Crippen LogP contribution in [0.5, 0.6) is 0 Å². The van der Waals surface area contributed by atoms with Crippen LogP contribution >= 0.6 is 11.8 Å². The molecular formula is C10H12N2OS. The van der Waals surface area contributed by atoms with Gasteiger partial charge in [0.05, 0.1) is 17.6 Å². The average Bonchev–Trinajstić information content (AvgIpc) is 2.56. The summed E-state index contributed by atoms with van der Waals surface area (Å²) in [7, 11) is 0. The number of aromatic amines is 1. The highest BCUT2D eigenvalue weighted by Gasteiger charge is 2.02. The molecule has 0 aliphatic heterocycles. The van der Waals surface area contributed by atoms with Crippen LogP contribution in [0.15, 0.2) is 23.4 Å². The van der Waals surface area contributed by atoms with E-state index in [0.717, 1.165) is 16.2 Å². The number of nitrogens with zero attached hydrogens (tertiary/aromatic N) is 1. The van der Waals surface area contributed by atoms with Crippen molar-refractivity contribution >= 4 is 22.8 Å². The number of hydrogen-bond acceptors (Lipinski definition) is 3. The van der Waals surface area contributed by atoms with Gasteiger partial charge in [0, 0.05) is 5.75 Å². The molecule has 0 unspecified atom stereocenters. The largest absolute Gasteiger partial charge is 0.396 e. The molecule has 0 saturated carbocycles. The molecule has 2 aromatic rings. The fourth-order valence-electron chi connectivity index (χ4n) is 1.31. The first-order valence-electron chi connectivity index (χ1n) is 4.49. The van der Waals surface area contributed by atoms with Crippen molar-refractivity contribution in [1.29, 1.82) is 0 Å². The number of thioether (sulfide) groups is 1. The molecule has 4 heteroatoms. The standard InChI is InChI=1S/C10H12N2OS/c1-7-2-3-8-9(6-7)12-10(11-8)14-5-4-13/h2-3,6,13H,4-5H2,1H3,(H,11,12). The van der Waals surface area contributed by atoms with Crippen molar-refractivity contribution in [3.05, 3.63) is 23.8 Å². The third-order valence-corrected chi connectivity index (χ3v) is 2.80. The number of aryl methyl sites for hydroxylation is 1. The van der Waals surface area contributed by atoms with E-state index in [1.165, 1.54) is 17.3 Å². The Bertz CT molecular complexity index is 439. The molecule has 1 heterocycles. The van der Waals surface area contributed by atoms with Crippen LogP contribution < -0.4 is 0 Å². The second-order valence-electron chi connectivity index (χ2n) is 3.13. The number of fused-ring (bicyclic) bond motifs is 1. The molecule has 1 aromatic carbocycles. The summed E-state index contributed by atoms with van der Waals surface area (Å²) in [5.41, 5.74) is 3.27. The summed E-state index contributed by atoms with van der Waals surface area (Å²) in [5, 5.41) is 9.56. The summed E-state index contributed by atoms with van der Waals surface area (Å²) in [6.07, 6.45) is 0. The molecule has 0 saturated heterocycles. The Labute approximate surface area is 86.6 Å². The van der Waals surface area contributed by atoms with Crippen molar-refractivity contribution in [3.8, 4) is 0 Å². The molecule has 0 atom stereocenters. The number of aliphatic hydroxyl groups excluding tert-OH is 1. The van der Waals surface area contributed by atoms with E-state index in [9.17, 15) is 0 Å². The fraction of sp³-hybridized carbons (Fsp3) is 0.300. The summed E-state index contributed by atoms with van der Waals surface area (Å²) < 4.78 is 0. The third-order valence-electron chi connectivity index (χ3n) is 1.95. The van der Waals surface area contributed by atoms with E-state index in [0.29, 0.717) is 5.75 Å². The zero-order chi connectivity index (χ0) is 9.97. The lowest BCUT2D eigenvalue weighted by atomic mass is 10.2. The summed E-state index contributed by atoms with van der Waals surface area (Å²) in [6.45, 7) is 2.24. The summed E-state index contributed by atoms with van der Waals surface area (Å²) in [6, 6.07) is 6.12. The monoisotopic (exact) mass is 208 g/mol. The van der Waals surface area contributed by atoms with Gasteiger partial charge in [-0.1, -0.05) is 17.8 Å². The van der Waals surface area contributed by atoms with Crippen molar-refractivity contribution in [3.63, 3.8) is 0 Å². The van der Waals surface area contributed by atoms with Gasteiger partial charge in [0.25, 0.3) is 0 Å². The number of nitrogens with one attached hydrogen (secondary N) is 1. The highest BCUT2D eigenvalue weighted by molar-refractivity contribution is 7.99. The van der Waals surface area contributed by atoms with Crippen molar-refractivity contribution in [2.75, 3.05) is 12.4 Å². The molecule has 0 amide bonds. The van der Waals surface area contributed by atoms with E-state index in [-0.39, 0.29) is 6.61 Å². The summed E-state index contributed by atoms with van der Waals surface area (Å²) in [5.74, 6) is 0.679. The molecule has 74 valence electrons. The molecule has 0 aliphatic carbocycles. The Morgan fingerprint density at radius 2 is 2.36 bits per heavy atom. The summed E-state index contributed by atoms with van der Waals surface area (Å²) >= 11 is 1.54. The van der Waals surface area contributed by atoms with E-state index in [2.05, 4.69) is 23.0 Å². The Kier molecular flexibility index (Phi) is 2.74. The van der Waals surface area contributed by atoms with Crippen molar-refractivity contribution in [1.82, 2.24) is 9.97 Å². The van der Waals surface area contributed by atoms with Crippen molar-refractivity contribution in [2.24, 2.45) is 0 Å². The Morgan fingerprint density at radius 3 is 3.14 bits per heavy atom. The lowest BCUT2D eigenvalue weighted by Crippen LogP contribution is -1.85. The third kappa shape index (κ3) is 1.91. The lowest BCUT2D eigenvalue weighted by Gasteiger charge is -1.90. The van der Waals surface area contributed by atoms with Crippen LogP contribution in [0.2, 0.25) is 0 Å². The van der Waals surface area contributed by atoms with Crippen molar-refractivity contribution in [2.45, 2.75) is 12.1 Å². The molecule has 3 nitrogen and oxygen atoms in total. The maximum atomic E-state index is 8.68. The molecule has 0 radical (unpaired) electrons. The Hall–Kier alpha value is -1.00. The van der Waals surface area contributed by atoms with Gasteiger partial charge >= 0.3 is 0 Å². The van der Waals surface area contributed by atoms with E-state index >= 15 is 0 Å². The smallest absolute Gasteiger partial charge is 0.166 e. The predicted octanol–water partition coefficient (Wildman–Crippen LogP) is 1.96. The van der Waals surface area contributed by atoms with Gasteiger partial charge in [-0.15, -0.1) is 0 Å². The van der Waals surface area contributed by atoms with Crippen LogP contribution in [0, 0.1) is 6.92 Å². The predicted molar refractivity (Wildman–Crippen MR) is 58.6 cm³/mol. The second kappa shape index (κ2) is 4.02. The molecule has 14 heavy (non-hydrogen) atoms. The van der Waals surface area contributed by atoms with E-state index in [1.807, 2.05) is 12.1 Å². The van der Waals surface area contributed by atoms with Gasteiger partial charge < -0.3 is 10.1 Å². The van der Waals surface area contributed by atoms with Crippen LogP contribution in [-0.2, 0) is 0 Å². The molecule has 2 N–H and O–H groups in total. The SMILES string of the molecule is Cc1ccc2nc(SCCO)[nH]c2c1. The quantitative estimate of drug-likeness (QED) is 0.758. The van der Waals surface area contributed by atoms with Crippen LogP contribution in [0.3, 0.4) is 0 Å². The normalized spacial score (nSPS) is 11.0. The minimum absolute atomic E-state index is 0.181. The minimum atomic E-state index is 0.181. The van der Waals surface area contributed by atoms with Crippen LogP contribution in [0.25, 0.3) is 11.0 Å². The zero-order valence-electron chi connectivity index (χ0n) is 7.95. The first-order valence-corrected chi connectivity index (χ1v) is 5.48. The second-order valence-corrected chi connectivity index (χ2v) is 4.22. The molecular weight excluding hydrogens is 196 g/mol. The number of hydrogen-bond donors (Lipinski definition) is 2. The van der Waals surface area contributed by atoms with E-state index in [4.69, 9.17) is 5.11 Å². The maximum absolute atomic E-state index is 8.68. The zero-order valence-corrected chi connectivity index (χ0v) is 8.77. The Balaban J connectivity index is 2.32. The minimum Gasteiger partial charge on any atom is -0.396 e. The molecule has 2 rings (SSSR count). The number of H-pyrrole nitrogens is 1. The Morgan fingerprint density at radius 1 is 1.50 bits per heavy atom. The molecule has 0 fully saturated rings. The lowest BCUT2D eigenvalue weighted by molar-refractivity contribution is 0.322. The fourth-order valence-corrected chi connectivity index (χ4v) is 1.94. The van der Waals surface area contributed by atoms with Crippen LogP contribution in [0.1, 0.15) is 5.56 Å². The van der Waals surface area contributed by atoms with Gasteiger partial charge in [0.2, 0.25) is 0 Å². The average molecular weight is 208 g/mol. The molecule has 0 aliphatic rings. The van der Waals surface area contributed by atoms with Gasteiger partial charge in [-0.2, -0.15) is 0 Å². The first kappa shape index (κ1) is 9.55. The maximum Gasteiger partial charge on any atom is 0.166 e.